The molecule has 116 valence electrons. The highest BCUT2D eigenvalue weighted by molar-refractivity contribution is 7.90. The minimum absolute atomic E-state index is 0.0911. The minimum atomic E-state index is -3.95. The van der Waals surface area contributed by atoms with Gasteiger partial charge in [0, 0.05) is 28.9 Å². The number of hydrogen-bond acceptors (Lipinski definition) is 5. The molecule has 22 heavy (non-hydrogen) atoms. The average molecular weight is 338 g/mol. The number of amides is 2. The first-order chi connectivity index (χ1) is 10.4. The molecule has 0 saturated carbocycles. The minimum Gasteiger partial charge on any atom is -0.334 e. The lowest BCUT2D eigenvalue weighted by molar-refractivity contribution is -0.133. The van der Waals surface area contributed by atoms with Crippen LogP contribution in [0.1, 0.15) is 12.8 Å². The number of nitrogens with one attached hydrogen (secondary N) is 1. The van der Waals surface area contributed by atoms with E-state index in [1.54, 1.807) is 12.1 Å². The van der Waals surface area contributed by atoms with Gasteiger partial charge in [0.1, 0.15) is 10.9 Å². The summed E-state index contributed by atoms with van der Waals surface area (Å²) >= 11 is 1.31. The van der Waals surface area contributed by atoms with Gasteiger partial charge in [-0.05, 0) is 12.5 Å². The molecule has 1 fully saturated rings. The molecule has 1 aromatic carbocycles. The van der Waals surface area contributed by atoms with Crippen molar-refractivity contribution in [1.29, 1.82) is 0 Å². The maximum atomic E-state index is 12.4. The standard InChI is InChI=1S/C14H14N2O4S2/c1-16-10(6-7-13(16)17)14(18)15-22(19,20)12-8-21-11-5-3-2-4-9(11)12/h2-5,8,10H,6-7H2,1H3,(H,15,18)/t10-/m1/s1. The topological polar surface area (TPSA) is 83.6 Å². The molecule has 1 atom stereocenters. The predicted octanol–water partition coefficient (Wildman–Crippen LogP) is 1.33. The van der Waals surface area contributed by atoms with Gasteiger partial charge < -0.3 is 4.90 Å². The molecule has 1 saturated heterocycles. The number of rotatable bonds is 3. The smallest absolute Gasteiger partial charge is 0.265 e. The molecular weight excluding hydrogens is 324 g/mol. The highest BCUT2D eigenvalue weighted by atomic mass is 32.2. The molecular formula is C14H14N2O4S2. The largest absolute Gasteiger partial charge is 0.334 e. The summed E-state index contributed by atoms with van der Waals surface area (Å²) in [6, 6.07) is 6.37. The number of likely N-dealkylation sites (tertiary alicyclic amines) is 1. The third-order valence-electron chi connectivity index (χ3n) is 3.77. The van der Waals surface area contributed by atoms with E-state index in [-0.39, 0.29) is 17.2 Å². The quantitative estimate of drug-likeness (QED) is 0.915. The fourth-order valence-corrected chi connectivity index (χ4v) is 5.05. The molecule has 0 spiro atoms. The second kappa shape index (κ2) is 5.36. The zero-order chi connectivity index (χ0) is 15.9. The number of sulfonamides is 1. The second-order valence-corrected chi connectivity index (χ2v) is 7.69. The van der Waals surface area contributed by atoms with Gasteiger partial charge >= 0.3 is 0 Å². The van der Waals surface area contributed by atoms with Crippen molar-refractivity contribution in [3.63, 3.8) is 0 Å². The van der Waals surface area contributed by atoms with Crippen molar-refractivity contribution in [2.75, 3.05) is 7.05 Å². The number of likely N-dealkylation sites (N-methyl/N-ethyl adjacent to an activating group) is 1. The zero-order valence-corrected chi connectivity index (χ0v) is 13.4. The molecule has 1 aromatic heterocycles. The van der Waals surface area contributed by atoms with E-state index >= 15 is 0 Å². The summed E-state index contributed by atoms with van der Waals surface area (Å²) in [7, 11) is -2.44. The van der Waals surface area contributed by atoms with Gasteiger partial charge in [-0.3, -0.25) is 9.59 Å². The van der Waals surface area contributed by atoms with Crippen LogP contribution in [0.15, 0.2) is 34.5 Å². The summed E-state index contributed by atoms with van der Waals surface area (Å²) < 4.78 is 27.8. The molecule has 2 amide bonds. The van der Waals surface area contributed by atoms with Crippen LogP contribution in [0.25, 0.3) is 10.1 Å². The van der Waals surface area contributed by atoms with Crippen LogP contribution in [0.2, 0.25) is 0 Å². The Morgan fingerprint density at radius 3 is 2.77 bits per heavy atom. The highest BCUT2D eigenvalue weighted by Crippen LogP contribution is 2.29. The number of carbonyl (C=O) groups excluding carboxylic acids is 2. The third kappa shape index (κ3) is 2.48. The maximum absolute atomic E-state index is 12.4. The Labute approximate surface area is 131 Å². The number of carbonyl (C=O) groups is 2. The summed E-state index contributed by atoms with van der Waals surface area (Å²) in [6.45, 7) is 0. The van der Waals surface area contributed by atoms with Crippen LogP contribution in [0, 0.1) is 0 Å². The second-order valence-electron chi connectivity index (χ2n) is 5.12. The van der Waals surface area contributed by atoms with Gasteiger partial charge in [-0.15, -0.1) is 11.3 Å². The van der Waals surface area contributed by atoms with E-state index in [4.69, 9.17) is 0 Å². The van der Waals surface area contributed by atoms with Crippen LogP contribution in [-0.4, -0.2) is 38.2 Å². The van der Waals surface area contributed by atoms with E-state index in [0.717, 1.165) is 4.70 Å². The molecule has 1 aliphatic heterocycles. The molecule has 2 aromatic rings. The highest BCUT2D eigenvalue weighted by Gasteiger charge is 2.35. The lowest BCUT2D eigenvalue weighted by Crippen LogP contribution is -2.44. The average Bonchev–Trinajstić information content (AvgIpc) is 3.03. The summed E-state index contributed by atoms with van der Waals surface area (Å²) in [4.78, 5) is 25.0. The summed E-state index contributed by atoms with van der Waals surface area (Å²) in [5.41, 5.74) is 0. The van der Waals surface area contributed by atoms with Crippen LogP contribution in [0.4, 0.5) is 0 Å². The molecule has 0 radical (unpaired) electrons. The Bertz CT molecular complexity index is 857. The van der Waals surface area contributed by atoms with Crippen molar-refractivity contribution < 1.29 is 18.0 Å². The maximum Gasteiger partial charge on any atom is 0.265 e. The van der Waals surface area contributed by atoms with E-state index < -0.39 is 22.0 Å². The molecule has 0 aliphatic carbocycles. The van der Waals surface area contributed by atoms with Crippen LogP contribution in [0.3, 0.4) is 0 Å². The van der Waals surface area contributed by atoms with Crippen molar-refractivity contribution in [2.45, 2.75) is 23.8 Å². The number of nitrogens with zero attached hydrogens (tertiary/aromatic N) is 1. The summed E-state index contributed by atoms with van der Waals surface area (Å²) in [5, 5.41) is 2.10. The summed E-state index contributed by atoms with van der Waals surface area (Å²) in [6.07, 6.45) is 0.594. The third-order valence-corrected chi connectivity index (χ3v) is 6.26. The van der Waals surface area contributed by atoms with Gasteiger partial charge in [0.05, 0.1) is 0 Å². The van der Waals surface area contributed by atoms with Crippen LogP contribution in [-0.2, 0) is 19.6 Å². The molecule has 0 unspecified atom stereocenters. The van der Waals surface area contributed by atoms with Crippen LogP contribution < -0.4 is 4.72 Å². The Hall–Kier alpha value is -1.93. The number of thiophene rings is 1. The van der Waals surface area contributed by atoms with Gasteiger partial charge in [0.2, 0.25) is 5.91 Å². The van der Waals surface area contributed by atoms with E-state index in [1.165, 1.54) is 28.7 Å². The van der Waals surface area contributed by atoms with Gasteiger partial charge in [0.25, 0.3) is 15.9 Å². The van der Waals surface area contributed by atoms with Crippen molar-refractivity contribution in [2.24, 2.45) is 0 Å². The Kier molecular flexibility index (Phi) is 3.65. The Morgan fingerprint density at radius 1 is 1.36 bits per heavy atom. The lowest BCUT2D eigenvalue weighted by atomic mass is 10.2. The van der Waals surface area contributed by atoms with Crippen molar-refractivity contribution in [3.05, 3.63) is 29.6 Å². The SMILES string of the molecule is CN1C(=O)CC[C@@H]1C(=O)NS(=O)(=O)c1csc2ccccc12. The molecule has 2 heterocycles. The fourth-order valence-electron chi connectivity index (χ4n) is 2.53. The molecule has 6 nitrogen and oxygen atoms in total. The number of benzene rings is 1. The van der Waals surface area contributed by atoms with Crippen molar-refractivity contribution in [1.82, 2.24) is 9.62 Å². The predicted molar refractivity (Wildman–Crippen MR) is 82.9 cm³/mol. The first-order valence-corrected chi connectivity index (χ1v) is 9.05. The van der Waals surface area contributed by atoms with Gasteiger partial charge in [-0.25, -0.2) is 13.1 Å². The van der Waals surface area contributed by atoms with E-state index in [2.05, 4.69) is 4.72 Å². The zero-order valence-electron chi connectivity index (χ0n) is 11.8. The van der Waals surface area contributed by atoms with Crippen molar-refractivity contribution in [3.8, 4) is 0 Å². The first kappa shape index (κ1) is 15.0. The van der Waals surface area contributed by atoms with Crippen LogP contribution in [0.5, 0.6) is 0 Å². The first-order valence-electron chi connectivity index (χ1n) is 6.69. The summed E-state index contributed by atoms with van der Waals surface area (Å²) in [5.74, 6) is -0.817. The Morgan fingerprint density at radius 2 is 2.09 bits per heavy atom. The van der Waals surface area contributed by atoms with E-state index in [0.29, 0.717) is 11.8 Å². The normalized spacial score (nSPS) is 18.9. The molecule has 8 heteroatoms. The molecule has 3 rings (SSSR count). The molecule has 1 N–H and O–H groups in total. The van der Waals surface area contributed by atoms with Gasteiger partial charge in [0.15, 0.2) is 0 Å². The van der Waals surface area contributed by atoms with E-state index in [9.17, 15) is 18.0 Å². The van der Waals surface area contributed by atoms with Gasteiger partial charge in [-0.2, -0.15) is 0 Å². The van der Waals surface area contributed by atoms with E-state index in [1.807, 2.05) is 12.1 Å². The van der Waals surface area contributed by atoms with Crippen LogP contribution >= 0.6 is 11.3 Å². The fraction of sp³-hybridized carbons (Fsp3) is 0.286. The molecule has 1 aliphatic rings. The van der Waals surface area contributed by atoms with Gasteiger partial charge in [-0.1, -0.05) is 18.2 Å². The molecule has 0 bridgehead atoms. The van der Waals surface area contributed by atoms with Crippen molar-refractivity contribution >= 4 is 43.3 Å². The Balaban J connectivity index is 1.88. The number of hydrogen-bond donors (Lipinski definition) is 1. The monoisotopic (exact) mass is 338 g/mol. The lowest BCUT2D eigenvalue weighted by Gasteiger charge is -2.18. The number of fused-ring (bicyclic) bond motifs is 1.